The standard InChI is InChI=1S/C10H15BrN2OS/c1-2-15(14)6-5-12-8-10-4-3-9(11)7-13-10/h3-4,7,12H,2,5-6,8H2,1H3. The Labute approximate surface area is 101 Å². The van der Waals surface area contributed by atoms with E-state index in [2.05, 4.69) is 26.2 Å². The minimum Gasteiger partial charge on any atom is -0.310 e. The number of pyridine rings is 1. The number of aromatic nitrogens is 1. The molecule has 1 heterocycles. The zero-order chi connectivity index (χ0) is 11.1. The monoisotopic (exact) mass is 290 g/mol. The molecule has 0 aromatic carbocycles. The van der Waals surface area contributed by atoms with Crippen LogP contribution in [-0.4, -0.2) is 27.2 Å². The van der Waals surface area contributed by atoms with E-state index in [0.717, 1.165) is 29.0 Å². The third-order valence-electron chi connectivity index (χ3n) is 1.92. The lowest BCUT2D eigenvalue weighted by atomic mass is 10.3. The van der Waals surface area contributed by atoms with E-state index in [4.69, 9.17) is 0 Å². The van der Waals surface area contributed by atoms with Crippen LogP contribution in [0, 0.1) is 0 Å². The summed E-state index contributed by atoms with van der Waals surface area (Å²) in [6.45, 7) is 3.44. The van der Waals surface area contributed by atoms with Gasteiger partial charge in [-0.3, -0.25) is 9.19 Å². The first kappa shape index (κ1) is 12.8. The van der Waals surface area contributed by atoms with E-state index < -0.39 is 10.8 Å². The molecule has 0 amide bonds. The van der Waals surface area contributed by atoms with Crippen LogP contribution in [0.15, 0.2) is 22.8 Å². The Morgan fingerprint density at radius 3 is 2.93 bits per heavy atom. The molecule has 0 spiro atoms. The molecule has 1 N–H and O–H groups in total. The Morgan fingerprint density at radius 1 is 1.53 bits per heavy atom. The number of hydrogen-bond acceptors (Lipinski definition) is 3. The molecule has 1 aromatic heterocycles. The van der Waals surface area contributed by atoms with E-state index in [-0.39, 0.29) is 0 Å². The molecular weight excluding hydrogens is 276 g/mol. The third-order valence-corrected chi connectivity index (χ3v) is 3.70. The Balaban J connectivity index is 2.20. The topological polar surface area (TPSA) is 42.0 Å². The third kappa shape index (κ3) is 5.39. The molecule has 1 aromatic rings. The summed E-state index contributed by atoms with van der Waals surface area (Å²) in [5.41, 5.74) is 1.00. The summed E-state index contributed by atoms with van der Waals surface area (Å²) in [6, 6.07) is 3.93. The van der Waals surface area contributed by atoms with Gasteiger partial charge in [0.1, 0.15) is 0 Å². The molecule has 1 unspecified atom stereocenters. The highest BCUT2D eigenvalue weighted by atomic mass is 79.9. The van der Waals surface area contributed by atoms with Crippen molar-refractivity contribution < 1.29 is 4.21 Å². The van der Waals surface area contributed by atoms with Crippen molar-refractivity contribution in [2.24, 2.45) is 0 Å². The van der Waals surface area contributed by atoms with Crippen LogP contribution in [0.25, 0.3) is 0 Å². The SMILES string of the molecule is CCS(=O)CCNCc1ccc(Br)cn1. The summed E-state index contributed by atoms with van der Waals surface area (Å²) in [6.07, 6.45) is 1.78. The van der Waals surface area contributed by atoms with Crippen LogP contribution >= 0.6 is 15.9 Å². The summed E-state index contributed by atoms with van der Waals surface area (Å²) in [5.74, 6) is 1.45. The van der Waals surface area contributed by atoms with E-state index in [9.17, 15) is 4.21 Å². The normalized spacial score (nSPS) is 12.7. The molecule has 1 atom stereocenters. The van der Waals surface area contributed by atoms with Crippen molar-refractivity contribution in [3.05, 3.63) is 28.5 Å². The summed E-state index contributed by atoms with van der Waals surface area (Å²) in [7, 11) is -0.679. The molecule has 0 aliphatic carbocycles. The first-order chi connectivity index (χ1) is 7.22. The highest BCUT2D eigenvalue weighted by Crippen LogP contribution is 2.06. The van der Waals surface area contributed by atoms with E-state index in [1.807, 2.05) is 19.1 Å². The van der Waals surface area contributed by atoms with E-state index >= 15 is 0 Å². The number of nitrogens with one attached hydrogen (secondary N) is 1. The smallest absolute Gasteiger partial charge is 0.0542 e. The fourth-order valence-electron chi connectivity index (χ4n) is 1.06. The van der Waals surface area contributed by atoms with Crippen LogP contribution in [0.1, 0.15) is 12.6 Å². The van der Waals surface area contributed by atoms with Gasteiger partial charge in [0.15, 0.2) is 0 Å². The lowest BCUT2D eigenvalue weighted by Gasteiger charge is -2.03. The summed E-state index contributed by atoms with van der Waals surface area (Å²) < 4.78 is 12.1. The maximum Gasteiger partial charge on any atom is 0.0542 e. The zero-order valence-electron chi connectivity index (χ0n) is 8.70. The van der Waals surface area contributed by atoms with Gasteiger partial charge in [0.2, 0.25) is 0 Å². The van der Waals surface area contributed by atoms with Crippen LogP contribution in [0.2, 0.25) is 0 Å². The Hall–Kier alpha value is -0.260. The molecule has 0 radical (unpaired) electrons. The van der Waals surface area contributed by atoms with Gasteiger partial charge in [0, 0.05) is 46.1 Å². The minimum atomic E-state index is -0.679. The quantitative estimate of drug-likeness (QED) is 0.811. The Kier molecular flexibility index (Phi) is 6.05. The van der Waals surface area contributed by atoms with Crippen molar-refractivity contribution in [1.82, 2.24) is 10.3 Å². The maximum atomic E-state index is 11.1. The molecule has 15 heavy (non-hydrogen) atoms. The highest BCUT2D eigenvalue weighted by Gasteiger charge is 1.96. The summed E-state index contributed by atoms with van der Waals surface area (Å²) in [5, 5.41) is 3.22. The summed E-state index contributed by atoms with van der Waals surface area (Å²) >= 11 is 3.33. The Bertz CT molecular complexity index is 316. The lowest BCUT2D eigenvalue weighted by Crippen LogP contribution is -2.21. The molecule has 0 bridgehead atoms. The second-order valence-electron chi connectivity index (χ2n) is 3.08. The van der Waals surface area contributed by atoms with Gasteiger partial charge in [0.25, 0.3) is 0 Å². The molecule has 0 aliphatic heterocycles. The van der Waals surface area contributed by atoms with Crippen LogP contribution in [0.5, 0.6) is 0 Å². The van der Waals surface area contributed by atoms with Crippen molar-refractivity contribution in [3.63, 3.8) is 0 Å². The second kappa shape index (κ2) is 7.09. The molecule has 0 aliphatic rings. The van der Waals surface area contributed by atoms with Crippen LogP contribution in [0.3, 0.4) is 0 Å². The van der Waals surface area contributed by atoms with Crippen LogP contribution in [-0.2, 0) is 17.3 Å². The van der Waals surface area contributed by atoms with Gasteiger partial charge in [-0.05, 0) is 28.1 Å². The van der Waals surface area contributed by atoms with Crippen molar-refractivity contribution >= 4 is 26.7 Å². The molecular formula is C10H15BrN2OS. The van der Waals surface area contributed by atoms with Gasteiger partial charge < -0.3 is 5.32 Å². The minimum absolute atomic E-state index is 0.679. The Morgan fingerprint density at radius 2 is 2.33 bits per heavy atom. The van der Waals surface area contributed by atoms with Crippen molar-refractivity contribution in [3.8, 4) is 0 Å². The van der Waals surface area contributed by atoms with Gasteiger partial charge in [-0.2, -0.15) is 0 Å². The highest BCUT2D eigenvalue weighted by molar-refractivity contribution is 9.10. The fraction of sp³-hybridized carbons (Fsp3) is 0.500. The first-order valence-corrected chi connectivity index (χ1v) is 7.16. The molecule has 0 saturated heterocycles. The predicted molar refractivity (Wildman–Crippen MR) is 67.2 cm³/mol. The van der Waals surface area contributed by atoms with Gasteiger partial charge in [-0.15, -0.1) is 0 Å². The van der Waals surface area contributed by atoms with Crippen LogP contribution < -0.4 is 5.32 Å². The van der Waals surface area contributed by atoms with Gasteiger partial charge in [-0.1, -0.05) is 6.92 Å². The lowest BCUT2D eigenvalue weighted by molar-refractivity contribution is 0.671. The number of nitrogens with zero attached hydrogens (tertiary/aromatic N) is 1. The van der Waals surface area contributed by atoms with Gasteiger partial charge >= 0.3 is 0 Å². The number of halogens is 1. The summed E-state index contributed by atoms with van der Waals surface area (Å²) in [4.78, 5) is 4.23. The van der Waals surface area contributed by atoms with Crippen molar-refractivity contribution in [2.45, 2.75) is 13.5 Å². The maximum absolute atomic E-state index is 11.1. The molecule has 0 fully saturated rings. The molecule has 5 heteroatoms. The van der Waals surface area contributed by atoms with E-state index in [1.54, 1.807) is 6.20 Å². The van der Waals surface area contributed by atoms with Crippen molar-refractivity contribution in [2.75, 3.05) is 18.1 Å². The molecule has 3 nitrogen and oxygen atoms in total. The predicted octanol–water partition coefficient (Wildman–Crippen LogP) is 1.70. The first-order valence-electron chi connectivity index (χ1n) is 4.88. The van der Waals surface area contributed by atoms with E-state index in [0.29, 0.717) is 5.75 Å². The van der Waals surface area contributed by atoms with Gasteiger partial charge in [-0.25, -0.2) is 0 Å². The largest absolute Gasteiger partial charge is 0.310 e. The molecule has 84 valence electrons. The molecule has 1 rings (SSSR count). The fourth-order valence-corrected chi connectivity index (χ4v) is 1.95. The average molecular weight is 291 g/mol. The number of hydrogen-bond donors (Lipinski definition) is 1. The zero-order valence-corrected chi connectivity index (χ0v) is 11.1. The van der Waals surface area contributed by atoms with Crippen molar-refractivity contribution in [1.29, 1.82) is 0 Å². The van der Waals surface area contributed by atoms with E-state index in [1.165, 1.54) is 0 Å². The molecule has 0 saturated carbocycles. The number of rotatable bonds is 6. The average Bonchev–Trinajstić information content (AvgIpc) is 2.26. The second-order valence-corrected chi connectivity index (χ2v) is 5.86. The van der Waals surface area contributed by atoms with Crippen LogP contribution in [0.4, 0.5) is 0 Å². The van der Waals surface area contributed by atoms with Gasteiger partial charge in [0.05, 0.1) is 5.69 Å².